The third kappa shape index (κ3) is 3.42. The Kier molecular flexibility index (Phi) is 4.47. The average molecular weight is 409 g/mol. The largest absolute Gasteiger partial charge is 0.465 e. The summed E-state index contributed by atoms with van der Waals surface area (Å²) in [5.41, 5.74) is 7.70. The molecule has 0 spiro atoms. The second-order valence-electron chi connectivity index (χ2n) is 7.52. The predicted molar refractivity (Wildman–Crippen MR) is 119 cm³/mol. The van der Waals surface area contributed by atoms with Gasteiger partial charge in [-0.1, -0.05) is 24.3 Å². The molecule has 6 heteroatoms. The lowest BCUT2D eigenvalue weighted by Gasteiger charge is -2.03. The first-order valence-electron chi connectivity index (χ1n) is 9.92. The number of ether oxygens (including phenoxy) is 1. The minimum atomic E-state index is -0.379. The number of carbonyl (C=O) groups is 2. The van der Waals surface area contributed by atoms with Crippen molar-refractivity contribution in [1.29, 1.82) is 0 Å². The molecule has 0 bridgehead atoms. The zero-order valence-electron chi connectivity index (χ0n) is 17.1. The highest BCUT2D eigenvalue weighted by Crippen LogP contribution is 2.30. The predicted octanol–water partition coefficient (Wildman–Crippen LogP) is 4.90. The van der Waals surface area contributed by atoms with Crippen LogP contribution in [0.3, 0.4) is 0 Å². The Morgan fingerprint density at radius 2 is 1.68 bits per heavy atom. The Labute approximate surface area is 178 Å². The molecule has 0 radical (unpaired) electrons. The number of rotatable bonds is 4. The van der Waals surface area contributed by atoms with Crippen LogP contribution in [0.1, 0.15) is 38.8 Å². The Bertz CT molecular complexity index is 1380. The van der Waals surface area contributed by atoms with Gasteiger partial charge in [-0.05, 0) is 54.4 Å². The number of hydrogen-bond donors (Lipinski definition) is 1. The van der Waals surface area contributed by atoms with Crippen molar-refractivity contribution >= 4 is 34.2 Å². The number of Topliss-reactive ketones (excluding diaryl/α,β-unsaturated/α-hetero) is 1. The summed E-state index contributed by atoms with van der Waals surface area (Å²) in [5, 5.41) is 0. The molecule has 3 aromatic carbocycles. The summed E-state index contributed by atoms with van der Waals surface area (Å²) in [5.74, 6) is 0.410. The van der Waals surface area contributed by atoms with Gasteiger partial charge in [0.1, 0.15) is 5.82 Å². The number of methoxy groups -OCH3 is 1. The molecule has 0 fully saturated rings. The number of hydrogen-bond acceptors (Lipinski definition) is 5. The van der Waals surface area contributed by atoms with E-state index in [9.17, 15) is 9.59 Å². The molecule has 2 heterocycles. The van der Waals surface area contributed by atoms with Crippen LogP contribution in [0.5, 0.6) is 0 Å². The van der Waals surface area contributed by atoms with E-state index in [1.807, 2.05) is 42.5 Å². The Morgan fingerprint density at radius 1 is 0.935 bits per heavy atom. The van der Waals surface area contributed by atoms with E-state index in [0.29, 0.717) is 17.5 Å². The molecule has 5 rings (SSSR count). The highest BCUT2D eigenvalue weighted by molar-refractivity contribution is 6.07. The third-order valence-electron chi connectivity index (χ3n) is 5.49. The Balaban J connectivity index is 1.40. The van der Waals surface area contributed by atoms with Gasteiger partial charge in [0.25, 0.3) is 0 Å². The molecular weight excluding hydrogens is 390 g/mol. The highest BCUT2D eigenvalue weighted by Gasteiger charge is 2.18. The summed E-state index contributed by atoms with van der Waals surface area (Å²) in [7, 11) is 1.36. The first-order chi connectivity index (χ1) is 15.0. The second-order valence-corrected chi connectivity index (χ2v) is 7.52. The van der Waals surface area contributed by atoms with E-state index in [1.54, 1.807) is 25.1 Å². The van der Waals surface area contributed by atoms with Crippen LogP contribution in [0, 0.1) is 0 Å². The van der Waals surface area contributed by atoms with E-state index >= 15 is 0 Å². The number of aromatic amines is 1. The molecule has 1 aliphatic heterocycles. The maximum absolute atomic E-state index is 11.7. The fourth-order valence-electron chi connectivity index (χ4n) is 3.80. The van der Waals surface area contributed by atoms with Crippen LogP contribution < -0.4 is 0 Å². The normalized spacial score (nSPS) is 12.5. The Morgan fingerprint density at radius 3 is 2.42 bits per heavy atom. The molecule has 1 N–H and O–H groups in total. The van der Waals surface area contributed by atoms with Gasteiger partial charge in [-0.2, -0.15) is 0 Å². The average Bonchev–Trinajstić information content (AvgIpc) is 3.41. The minimum Gasteiger partial charge on any atom is -0.465 e. The lowest BCUT2D eigenvalue weighted by atomic mass is 10.0. The smallest absolute Gasteiger partial charge is 0.337 e. The molecule has 1 aliphatic rings. The van der Waals surface area contributed by atoms with Crippen LogP contribution in [0.2, 0.25) is 0 Å². The van der Waals surface area contributed by atoms with Gasteiger partial charge in [0.2, 0.25) is 0 Å². The number of fused-ring (bicyclic) bond motifs is 2. The van der Waals surface area contributed by atoms with Crippen molar-refractivity contribution in [2.75, 3.05) is 7.11 Å². The van der Waals surface area contributed by atoms with E-state index in [4.69, 9.17) is 9.73 Å². The minimum absolute atomic E-state index is 0.0603. The number of H-pyrrole nitrogens is 1. The highest BCUT2D eigenvalue weighted by atomic mass is 16.5. The molecule has 31 heavy (non-hydrogen) atoms. The molecule has 0 atom stereocenters. The van der Waals surface area contributed by atoms with Crippen LogP contribution in [0.25, 0.3) is 22.4 Å². The number of imidazole rings is 1. The van der Waals surface area contributed by atoms with Crippen LogP contribution in [0.4, 0.5) is 5.69 Å². The van der Waals surface area contributed by atoms with E-state index in [2.05, 4.69) is 9.97 Å². The van der Waals surface area contributed by atoms with Crippen molar-refractivity contribution < 1.29 is 14.3 Å². The number of benzene rings is 3. The maximum Gasteiger partial charge on any atom is 0.337 e. The lowest BCUT2D eigenvalue weighted by Crippen LogP contribution is -2.01. The van der Waals surface area contributed by atoms with Crippen LogP contribution >= 0.6 is 0 Å². The molecule has 4 aromatic rings. The SMILES string of the molecule is COC(=O)c1ccc2nc(-c3ccc(C4=Nc5ccc(C(C)=O)cc5C4)cc3)[nH]c2c1. The molecule has 152 valence electrons. The van der Waals surface area contributed by atoms with Crippen LogP contribution in [-0.4, -0.2) is 34.5 Å². The number of nitrogens with zero attached hydrogens (tertiary/aromatic N) is 2. The van der Waals surface area contributed by atoms with Crippen molar-refractivity contribution in [3.8, 4) is 11.4 Å². The molecular formula is C25H19N3O3. The topological polar surface area (TPSA) is 84.4 Å². The van der Waals surface area contributed by atoms with E-state index < -0.39 is 0 Å². The van der Waals surface area contributed by atoms with Gasteiger partial charge in [-0.15, -0.1) is 0 Å². The van der Waals surface area contributed by atoms with Gasteiger partial charge in [-0.25, -0.2) is 9.78 Å². The van der Waals surface area contributed by atoms with Gasteiger partial charge in [0.15, 0.2) is 5.78 Å². The van der Waals surface area contributed by atoms with Crippen molar-refractivity contribution in [2.24, 2.45) is 4.99 Å². The van der Waals surface area contributed by atoms with E-state index in [0.717, 1.165) is 44.9 Å². The molecule has 0 saturated carbocycles. The molecule has 0 saturated heterocycles. The monoisotopic (exact) mass is 409 g/mol. The van der Waals surface area contributed by atoms with Crippen LogP contribution in [-0.2, 0) is 11.2 Å². The number of carbonyl (C=O) groups excluding carboxylic acids is 2. The van der Waals surface area contributed by atoms with Crippen molar-refractivity contribution in [1.82, 2.24) is 9.97 Å². The zero-order chi connectivity index (χ0) is 21.5. The molecule has 1 aromatic heterocycles. The number of aromatic nitrogens is 2. The third-order valence-corrected chi connectivity index (χ3v) is 5.49. The van der Waals surface area contributed by atoms with E-state index in [-0.39, 0.29) is 11.8 Å². The summed E-state index contributed by atoms with van der Waals surface area (Å²) in [4.78, 5) is 36.0. The van der Waals surface area contributed by atoms with E-state index in [1.165, 1.54) is 7.11 Å². The maximum atomic E-state index is 11.7. The van der Waals surface area contributed by atoms with Crippen molar-refractivity contribution in [2.45, 2.75) is 13.3 Å². The quantitative estimate of drug-likeness (QED) is 0.384. The summed E-state index contributed by atoms with van der Waals surface area (Å²) in [6.07, 6.45) is 0.705. The summed E-state index contributed by atoms with van der Waals surface area (Å²) in [6.45, 7) is 1.57. The number of esters is 1. The van der Waals surface area contributed by atoms with Gasteiger partial charge in [0, 0.05) is 17.5 Å². The molecule has 6 nitrogen and oxygen atoms in total. The van der Waals surface area contributed by atoms with Gasteiger partial charge in [-0.3, -0.25) is 9.79 Å². The lowest BCUT2D eigenvalue weighted by molar-refractivity contribution is 0.0600. The molecule has 0 aliphatic carbocycles. The molecule has 0 amide bonds. The van der Waals surface area contributed by atoms with Crippen molar-refractivity contribution in [3.63, 3.8) is 0 Å². The zero-order valence-corrected chi connectivity index (χ0v) is 17.1. The van der Waals surface area contributed by atoms with Gasteiger partial charge >= 0.3 is 5.97 Å². The van der Waals surface area contributed by atoms with Gasteiger partial charge in [0.05, 0.1) is 35.1 Å². The summed E-state index contributed by atoms with van der Waals surface area (Å²) < 4.78 is 4.78. The fraction of sp³-hybridized carbons (Fsp3) is 0.120. The summed E-state index contributed by atoms with van der Waals surface area (Å²) >= 11 is 0. The standard InChI is InChI=1S/C25H19N3O3/c1-14(29)17-7-9-20-19(11-17)13-22(26-20)15-3-5-16(6-4-15)24-27-21-10-8-18(25(30)31-2)12-23(21)28-24/h3-12H,13H2,1-2H3,(H,27,28). The van der Waals surface area contributed by atoms with Crippen LogP contribution in [0.15, 0.2) is 65.7 Å². The Hall–Kier alpha value is -4.06. The second kappa shape index (κ2) is 7.32. The number of aliphatic imine (C=N–C) groups is 1. The van der Waals surface area contributed by atoms with Crippen molar-refractivity contribution in [3.05, 3.63) is 82.9 Å². The number of nitrogens with one attached hydrogen (secondary N) is 1. The summed E-state index contributed by atoms with van der Waals surface area (Å²) in [6, 6.07) is 19.0. The number of ketones is 1. The van der Waals surface area contributed by atoms with Gasteiger partial charge < -0.3 is 9.72 Å². The first kappa shape index (κ1) is 18.9. The fourth-order valence-corrected chi connectivity index (χ4v) is 3.80. The first-order valence-corrected chi connectivity index (χ1v) is 9.92. The molecule has 0 unspecified atom stereocenters.